The Labute approximate surface area is 91.9 Å². The molecular weight excluding hydrogens is 190 g/mol. The molecule has 0 unspecified atom stereocenters. The van der Waals surface area contributed by atoms with Gasteiger partial charge in [-0.3, -0.25) is 4.79 Å². The van der Waals surface area contributed by atoms with Crippen LogP contribution in [0.2, 0.25) is 0 Å². The molecule has 15 heavy (non-hydrogen) atoms. The van der Waals surface area contributed by atoms with Gasteiger partial charge in [0.05, 0.1) is 6.54 Å². The molecule has 1 fully saturated rings. The standard InChI is InChI=1S/C12H21NO2/c1-2-9-13-10-12(14)15-11-7-5-3-4-6-8-11/h2,11,13H,1,3-10H2. The minimum Gasteiger partial charge on any atom is -0.461 e. The van der Waals surface area contributed by atoms with Crippen LogP contribution in [0.25, 0.3) is 0 Å². The monoisotopic (exact) mass is 211 g/mol. The van der Waals surface area contributed by atoms with E-state index < -0.39 is 0 Å². The van der Waals surface area contributed by atoms with Crippen molar-refractivity contribution < 1.29 is 9.53 Å². The van der Waals surface area contributed by atoms with Crippen molar-refractivity contribution >= 4 is 5.97 Å². The van der Waals surface area contributed by atoms with E-state index in [0.717, 1.165) is 12.8 Å². The molecular formula is C12H21NO2. The maximum atomic E-state index is 11.4. The summed E-state index contributed by atoms with van der Waals surface area (Å²) in [5.41, 5.74) is 0. The van der Waals surface area contributed by atoms with Gasteiger partial charge in [-0.05, 0) is 25.7 Å². The molecule has 1 aliphatic carbocycles. The molecule has 0 spiro atoms. The number of nitrogens with one attached hydrogen (secondary N) is 1. The Hall–Kier alpha value is -0.830. The summed E-state index contributed by atoms with van der Waals surface area (Å²) in [6, 6.07) is 0. The second-order valence-corrected chi connectivity index (χ2v) is 4.02. The van der Waals surface area contributed by atoms with Crippen molar-refractivity contribution in [2.24, 2.45) is 0 Å². The molecule has 0 amide bonds. The highest BCUT2D eigenvalue weighted by Crippen LogP contribution is 2.19. The van der Waals surface area contributed by atoms with Crippen LogP contribution in [0.5, 0.6) is 0 Å². The minimum absolute atomic E-state index is 0.135. The lowest BCUT2D eigenvalue weighted by Gasteiger charge is -2.15. The number of rotatable bonds is 5. The van der Waals surface area contributed by atoms with Crippen LogP contribution in [0, 0.1) is 0 Å². The summed E-state index contributed by atoms with van der Waals surface area (Å²) in [6.07, 6.45) is 8.91. The van der Waals surface area contributed by atoms with Crippen molar-refractivity contribution in [1.82, 2.24) is 5.32 Å². The summed E-state index contributed by atoms with van der Waals surface area (Å²) < 4.78 is 5.38. The minimum atomic E-state index is -0.135. The highest BCUT2D eigenvalue weighted by atomic mass is 16.5. The Morgan fingerprint density at radius 2 is 2.00 bits per heavy atom. The Kier molecular flexibility index (Phi) is 6.09. The Balaban J connectivity index is 2.14. The molecule has 0 aromatic rings. The van der Waals surface area contributed by atoms with Crippen LogP contribution in [0.3, 0.4) is 0 Å². The molecule has 1 saturated carbocycles. The number of esters is 1. The summed E-state index contributed by atoms with van der Waals surface area (Å²) >= 11 is 0. The molecule has 0 aliphatic heterocycles. The maximum absolute atomic E-state index is 11.4. The van der Waals surface area contributed by atoms with E-state index >= 15 is 0 Å². The zero-order chi connectivity index (χ0) is 10.9. The molecule has 0 radical (unpaired) electrons. The van der Waals surface area contributed by atoms with Gasteiger partial charge in [0, 0.05) is 6.54 Å². The zero-order valence-electron chi connectivity index (χ0n) is 9.34. The molecule has 0 aromatic carbocycles. The molecule has 0 atom stereocenters. The van der Waals surface area contributed by atoms with E-state index in [1.165, 1.54) is 25.7 Å². The average molecular weight is 211 g/mol. The summed E-state index contributed by atoms with van der Waals surface area (Å²) in [4.78, 5) is 11.4. The number of hydrogen-bond donors (Lipinski definition) is 1. The fraction of sp³-hybridized carbons (Fsp3) is 0.750. The van der Waals surface area contributed by atoms with Gasteiger partial charge >= 0.3 is 5.97 Å². The van der Waals surface area contributed by atoms with Gasteiger partial charge in [0.15, 0.2) is 0 Å². The average Bonchev–Trinajstić information content (AvgIpc) is 2.47. The number of hydrogen-bond acceptors (Lipinski definition) is 3. The molecule has 0 bridgehead atoms. The lowest BCUT2D eigenvalue weighted by atomic mass is 10.1. The third kappa shape index (κ3) is 5.57. The van der Waals surface area contributed by atoms with Crippen LogP contribution >= 0.6 is 0 Å². The van der Waals surface area contributed by atoms with Gasteiger partial charge in [-0.1, -0.05) is 18.9 Å². The molecule has 3 heteroatoms. The SMILES string of the molecule is C=CCNCC(=O)OC1CCCCCC1. The molecule has 3 nitrogen and oxygen atoms in total. The lowest BCUT2D eigenvalue weighted by Crippen LogP contribution is -2.28. The van der Waals surface area contributed by atoms with E-state index in [2.05, 4.69) is 11.9 Å². The lowest BCUT2D eigenvalue weighted by molar-refractivity contribution is -0.148. The fourth-order valence-corrected chi connectivity index (χ4v) is 1.86. The summed E-state index contributed by atoms with van der Waals surface area (Å²) in [5.74, 6) is -0.135. The van der Waals surface area contributed by atoms with Gasteiger partial charge in [-0.25, -0.2) is 0 Å². The van der Waals surface area contributed by atoms with Crippen LogP contribution in [0.15, 0.2) is 12.7 Å². The molecule has 1 rings (SSSR count). The van der Waals surface area contributed by atoms with Crippen molar-refractivity contribution in [2.75, 3.05) is 13.1 Å². The zero-order valence-corrected chi connectivity index (χ0v) is 9.34. The summed E-state index contributed by atoms with van der Waals surface area (Å²) in [7, 11) is 0. The van der Waals surface area contributed by atoms with E-state index in [1.807, 2.05) is 0 Å². The number of carbonyl (C=O) groups is 1. The fourth-order valence-electron chi connectivity index (χ4n) is 1.86. The van der Waals surface area contributed by atoms with Gasteiger partial charge < -0.3 is 10.1 Å². The largest absolute Gasteiger partial charge is 0.461 e. The molecule has 1 aliphatic rings. The normalized spacial score (nSPS) is 18.1. The van der Waals surface area contributed by atoms with Gasteiger partial charge in [-0.15, -0.1) is 6.58 Å². The van der Waals surface area contributed by atoms with Crippen LogP contribution in [0.4, 0.5) is 0 Å². The van der Waals surface area contributed by atoms with Crippen LogP contribution in [-0.2, 0) is 9.53 Å². The van der Waals surface area contributed by atoms with Crippen LogP contribution < -0.4 is 5.32 Å². The predicted molar refractivity (Wildman–Crippen MR) is 60.6 cm³/mol. The summed E-state index contributed by atoms with van der Waals surface area (Å²) in [6.45, 7) is 4.52. The van der Waals surface area contributed by atoms with E-state index in [0.29, 0.717) is 13.1 Å². The first-order chi connectivity index (χ1) is 7.33. The first-order valence-corrected chi connectivity index (χ1v) is 5.84. The van der Waals surface area contributed by atoms with Crippen molar-refractivity contribution in [2.45, 2.75) is 44.6 Å². The second kappa shape index (κ2) is 7.46. The van der Waals surface area contributed by atoms with E-state index in [1.54, 1.807) is 6.08 Å². The van der Waals surface area contributed by atoms with Crippen molar-refractivity contribution in [3.63, 3.8) is 0 Å². The first-order valence-electron chi connectivity index (χ1n) is 5.84. The van der Waals surface area contributed by atoms with Crippen LogP contribution in [0.1, 0.15) is 38.5 Å². The molecule has 0 saturated heterocycles. The van der Waals surface area contributed by atoms with Gasteiger partial charge in [0.25, 0.3) is 0 Å². The molecule has 0 aromatic heterocycles. The van der Waals surface area contributed by atoms with Crippen molar-refractivity contribution in [3.05, 3.63) is 12.7 Å². The van der Waals surface area contributed by atoms with E-state index in [-0.39, 0.29) is 12.1 Å². The highest BCUT2D eigenvalue weighted by Gasteiger charge is 2.15. The molecule has 86 valence electrons. The van der Waals surface area contributed by atoms with Crippen molar-refractivity contribution in [3.8, 4) is 0 Å². The Bertz CT molecular complexity index is 196. The van der Waals surface area contributed by atoms with Crippen molar-refractivity contribution in [1.29, 1.82) is 0 Å². The topological polar surface area (TPSA) is 38.3 Å². The first kappa shape index (κ1) is 12.2. The Morgan fingerprint density at radius 3 is 2.60 bits per heavy atom. The maximum Gasteiger partial charge on any atom is 0.320 e. The van der Waals surface area contributed by atoms with Gasteiger partial charge in [0.2, 0.25) is 0 Å². The molecule has 1 N–H and O–H groups in total. The quantitative estimate of drug-likeness (QED) is 0.327. The van der Waals surface area contributed by atoms with E-state index in [9.17, 15) is 4.79 Å². The number of carbonyl (C=O) groups excluding carboxylic acids is 1. The van der Waals surface area contributed by atoms with E-state index in [4.69, 9.17) is 4.74 Å². The smallest absolute Gasteiger partial charge is 0.320 e. The third-order valence-corrected chi connectivity index (χ3v) is 2.66. The predicted octanol–water partition coefficient (Wildman–Crippen LogP) is 2.03. The molecule has 0 heterocycles. The van der Waals surface area contributed by atoms with Crippen LogP contribution in [-0.4, -0.2) is 25.2 Å². The summed E-state index contributed by atoms with van der Waals surface area (Å²) in [5, 5.41) is 2.95. The van der Waals surface area contributed by atoms with Gasteiger partial charge in [-0.2, -0.15) is 0 Å². The Morgan fingerprint density at radius 1 is 1.33 bits per heavy atom. The highest BCUT2D eigenvalue weighted by molar-refractivity contribution is 5.71. The second-order valence-electron chi connectivity index (χ2n) is 4.02. The third-order valence-electron chi connectivity index (χ3n) is 2.66. The van der Waals surface area contributed by atoms with Gasteiger partial charge in [0.1, 0.15) is 6.10 Å². The number of ether oxygens (including phenoxy) is 1.